The third-order valence-corrected chi connectivity index (χ3v) is 3.67. The average molecular weight is 260 g/mol. The second-order valence-electron chi connectivity index (χ2n) is 7.39. The van der Waals surface area contributed by atoms with Gasteiger partial charge in [-0.05, 0) is 50.2 Å². The number of carbonyl (C=O) groups is 1. The van der Waals surface area contributed by atoms with Gasteiger partial charge >= 0.3 is 5.97 Å². The van der Waals surface area contributed by atoms with Crippen LogP contribution in [0.25, 0.3) is 0 Å². The normalized spacial score (nSPS) is 21.6. The lowest BCUT2D eigenvalue weighted by Crippen LogP contribution is -2.31. The fraction of sp³-hybridized carbons (Fsp3) is 0.588. The molecule has 104 valence electrons. The first kappa shape index (κ1) is 14.1. The zero-order valence-electron chi connectivity index (χ0n) is 12.6. The first-order valence-corrected chi connectivity index (χ1v) is 6.98. The van der Waals surface area contributed by atoms with Crippen LogP contribution in [0.4, 0.5) is 0 Å². The minimum Gasteiger partial charge on any atom is -0.457 e. The third kappa shape index (κ3) is 3.17. The number of fused-ring (bicyclic) bond motifs is 1. The molecule has 0 amide bonds. The van der Waals surface area contributed by atoms with Crippen LogP contribution in [0.15, 0.2) is 24.3 Å². The molecular formula is C17H24O2. The van der Waals surface area contributed by atoms with Gasteiger partial charge in [-0.2, -0.15) is 0 Å². The van der Waals surface area contributed by atoms with Crippen molar-refractivity contribution in [3.63, 3.8) is 0 Å². The highest BCUT2D eigenvalue weighted by atomic mass is 16.5. The number of hydrogen-bond donors (Lipinski definition) is 0. The number of rotatable bonds is 1. The largest absolute Gasteiger partial charge is 0.457 e. The fourth-order valence-corrected chi connectivity index (χ4v) is 2.62. The lowest BCUT2D eigenvalue weighted by atomic mass is 9.73. The van der Waals surface area contributed by atoms with Crippen molar-refractivity contribution in [2.24, 2.45) is 10.8 Å². The summed E-state index contributed by atoms with van der Waals surface area (Å²) >= 11 is 0. The Hall–Kier alpha value is -1.31. The Morgan fingerprint density at radius 3 is 2.53 bits per heavy atom. The SMILES string of the molecule is CC1(C)Cc2ccccc2C(OC(=O)C(C)(C)C)C1. The second-order valence-corrected chi connectivity index (χ2v) is 7.39. The topological polar surface area (TPSA) is 26.3 Å². The molecule has 0 fully saturated rings. The van der Waals surface area contributed by atoms with Crippen molar-refractivity contribution < 1.29 is 9.53 Å². The summed E-state index contributed by atoms with van der Waals surface area (Å²) in [5.41, 5.74) is 2.22. The van der Waals surface area contributed by atoms with Crippen LogP contribution in [0.3, 0.4) is 0 Å². The summed E-state index contributed by atoms with van der Waals surface area (Å²) in [6.07, 6.45) is 1.84. The van der Waals surface area contributed by atoms with Gasteiger partial charge in [0.2, 0.25) is 0 Å². The van der Waals surface area contributed by atoms with E-state index < -0.39 is 5.41 Å². The van der Waals surface area contributed by atoms with Crippen LogP contribution in [0.2, 0.25) is 0 Å². The summed E-state index contributed by atoms with van der Waals surface area (Å²) in [6, 6.07) is 8.32. The van der Waals surface area contributed by atoms with Crippen LogP contribution in [-0.2, 0) is 16.0 Å². The van der Waals surface area contributed by atoms with Crippen LogP contribution in [0.5, 0.6) is 0 Å². The van der Waals surface area contributed by atoms with E-state index in [2.05, 4.69) is 32.0 Å². The van der Waals surface area contributed by atoms with Crippen LogP contribution in [0.1, 0.15) is 58.3 Å². The number of benzene rings is 1. The van der Waals surface area contributed by atoms with E-state index >= 15 is 0 Å². The molecule has 0 saturated heterocycles. The van der Waals surface area contributed by atoms with Gasteiger partial charge in [-0.15, -0.1) is 0 Å². The van der Waals surface area contributed by atoms with E-state index in [-0.39, 0.29) is 17.5 Å². The summed E-state index contributed by atoms with van der Waals surface area (Å²) in [6.45, 7) is 10.2. The Morgan fingerprint density at radius 2 is 1.89 bits per heavy atom. The standard InChI is InChI=1S/C17H24O2/c1-16(2,3)15(18)19-14-11-17(4,5)10-12-8-6-7-9-13(12)14/h6-9,14H,10-11H2,1-5H3. The van der Waals surface area contributed by atoms with Gasteiger partial charge in [0.05, 0.1) is 5.41 Å². The fourth-order valence-electron chi connectivity index (χ4n) is 2.62. The molecule has 1 aromatic rings. The minimum absolute atomic E-state index is 0.105. The molecular weight excluding hydrogens is 236 g/mol. The van der Waals surface area contributed by atoms with Crippen molar-refractivity contribution in [2.75, 3.05) is 0 Å². The van der Waals surface area contributed by atoms with E-state index in [1.807, 2.05) is 26.8 Å². The van der Waals surface area contributed by atoms with E-state index in [1.54, 1.807) is 0 Å². The molecule has 0 aliphatic heterocycles. The van der Waals surface area contributed by atoms with Gasteiger partial charge in [-0.3, -0.25) is 4.79 Å². The van der Waals surface area contributed by atoms with Gasteiger partial charge in [0, 0.05) is 0 Å². The molecule has 2 rings (SSSR count). The predicted molar refractivity (Wildman–Crippen MR) is 76.8 cm³/mol. The van der Waals surface area contributed by atoms with Crippen molar-refractivity contribution in [1.29, 1.82) is 0 Å². The molecule has 0 radical (unpaired) electrons. The molecule has 0 spiro atoms. The Labute approximate surface area is 116 Å². The Morgan fingerprint density at radius 1 is 1.26 bits per heavy atom. The molecule has 0 aromatic heterocycles. The Kier molecular flexibility index (Phi) is 3.46. The summed E-state index contributed by atoms with van der Waals surface area (Å²) in [4.78, 5) is 12.1. The molecule has 0 saturated carbocycles. The predicted octanol–water partition coefficient (Wildman–Crippen LogP) is 4.29. The highest BCUT2D eigenvalue weighted by Crippen LogP contribution is 2.43. The third-order valence-electron chi connectivity index (χ3n) is 3.67. The lowest BCUT2D eigenvalue weighted by Gasteiger charge is -2.37. The van der Waals surface area contributed by atoms with Crippen LogP contribution in [-0.4, -0.2) is 5.97 Å². The van der Waals surface area contributed by atoms with Crippen molar-refractivity contribution in [3.8, 4) is 0 Å². The quantitative estimate of drug-likeness (QED) is 0.704. The smallest absolute Gasteiger partial charge is 0.311 e. The molecule has 0 bridgehead atoms. The zero-order chi connectivity index (χ0) is 14.3. The van der Waals surface area contributed by atoms with E-state index in [0.717, 1.165) is 12.8 Å². The van der Waals surface area contributed by atoms with E-state index in [9.17, 15) is 4.79 Å². The van der Waals surface area contributed by atoms with Gasteiger partial charge in [0.1, 0.15) is 6.10 Å². The molecule has 0 heterocycles. The van der Waals surface area contributed by atoms with Crippen LogP contribution < -0.4 is 0 Å². The monoisotopic (exact) mass is 260 g/mol. The van der Waals surface area contributed by atoms with Gasteiger partial charge in [-0.25, -0.2) is 0 Å². The number of carbonyl (C=O) groups excluding carboxylic acids is 1. The number of ether oxygens (including phenoxy) is 1. The molecule has 2 nitrogen and oxygen atoms in total. The average Bonchev–Trinajstić information content (AvgIpc) is 2.26. The molecule has 0 N–H and O–H groups in total. The molecule has 1 aliphatic carbocycles. The summed E-state index contributed by atoms with van der Waals surface area (Å²) < 4.78 is 5.78. The number of hydrogen-bond acceptors (Lipinski definition) is 2. The van der Waals surface area contributed by atoms with Gasteiger partial charge in [0.25, 0.3) is 0 Å². The maximum absolute atomic E-state index is 12.1. The Balaban J connectivity index is 2.28. The zero-order valence-corrected chi connectivity index (χ0v) is 12.6. The Bertz CT molecular complexity index is 480. The van der Waals surface area contributed by atoms with Crippen molar-refractivity contribution in [1.82, 2.24) is 0 Å². The van der Waals surface area contributed by atoms with E-state index in [1.165, 1.54) is 11.1 Å². The lowest BCUT2D eigenvalue weighted by molar-refractivity contribution is -0.161. The molecule has 1 unspecified atom stereocenters. The van der Waals surface area contributed by atoms with Crippen molar-refractivity contribution in [3.05, 3.63) is 35.4 Å². The summed E-state index contributed by atoms with van der Waals surface area (Å²) in [7, 11) is 0. The van der Waals surface area contributed by atoms with Crippen LogP contribution >= 0.6 is 0 Å². The first-order chi connectivity index (χ1) is 8.69. The first-order valence-electron chi connectivity index (χ1n) is 6.98. The molecule has 19 heavy (non-hydrogen) atoms. The van der Waals surface area contributed by atoms with Crippen LogP contribution in [0, 0.1) is 10.8 Å². The number of esters is 1. The van der Waals surface area contributed by atoms with E-state index in [4.69, 9.17) is 4.74 Å². The van der Waals surface area contributed by atoms with Crippen molar-refractivity contribution in [2.45, 2.75) is 53.6 Å². The summed E-state index contributed by atoms with van der Waals surface area (Å²) in [5, 5.41) is 0. The summed E-state index contributed by atoms with van der Waals surface area (Å²) in [5.74, 6) is -0.120. The van der Waals surface area contributed by atoms with Gasteiger partial charge in [-0.1, -0.05) is 38.1 Å². The highest BCUT2D eigenvalue weighted by Gasteiger charge is 2.36. The minimum atomic E-state index is -0.448. The highest BCUT2D eigenvalue weighted by molar-refractivity contribution is 5.75. The van der Waals surface area contributed by atoms with Gasteiger partial charge < -0.3 is 4.74 Å². The van der Waals surface area contributed by atoms with Crippen molar-refractivity contribution >= 4 is 5.97 Å². The molecule has 1 aliphatic rings. The van der Waals surface area contributed by atoms with E-state index in [0.29, 0.717) is 0 Å². The van der Waals surface area contributed by atoms with Gasteiger partial charge in [0.15, 0.2) is 0 Å². The molecule has 2 heteroatoms. The molecule has 1 aromatic carbocycles. The second kappa shape index (κ2) is 4.66. The maximum Gasteiger partial charge on any atom is 0.311 e. The maximum atomic E-state index is 12.1. The molecule has 1 atom stereocenters.